The molecule has 158 valence electrons. The largest absolute Gasteiger partial charge is 0.379 e. The van der Waals surface area contributed by atoms with E-state index in [4.69, 9.17) is 9.47 Å². The van der Waals surface area contributed by atoms with Gasteiger partial charge in [-0.15, -0.1) is 0 Å². The highest BCUT2D eigenvalue weighted by atomic mass is 16.5. The van der Waals surface area contributed by atoms with Gasteiger partial charge in [0, 0.05) is 24.5 Å². The van der Waals surface area contributed by atoms with Crippen LogP contribution in [0.2, 0.25) is 0 Å². The Morgan fingerprint density at radius 1 is 1.00 bits per heavy atom. The molecule has 27 heavy (non-hydrogen) atoms. The van der Waals surface area contributed by atoms with E-state index in [0.717, 1.165) is 25.7 Å². The van der Waals surface area contributed by atoms with Gasteiger partial charge in [0.1, 0.15) is 6.61 Å². The summed E-state index contributed by atoms with van der Waals surface area (Å²) in [5.41, 5.74) is 0. The SMILES string of the molecule is CC.CCOCCOCC(=O)NC1CCC(C(=O)NCC(=O)C(C)C)CC1. The van der Waals surface area contributed by atoms with Gasteiger partial charge in [-0.1, -0.05) is 27.7 Å². The third-order valence-electron chi connectivity index (χ3n) is 4.35. The molecule has 2 amide bonds. The van der Waals surface area contributed by atoms with Crippen molar-refractivity contribution in [2.24, 2.45) is 11.8 Å². The predicted octanol–water partition coefficient (Wildman–Crippen LogP) is 2.08. The van der Waals surface area contributed by atoms with Crippen molar-refractivity contribution >= 4 is 17.6 Å². The summed E-state index contributed by atoms with van der Waals surface area (Å²) in [6, 6.07) is 0.0873. The fraction of sp³-hybridized carbons (Fsp3) is 0.850. The van der Waals surface area contributed by atoms with Crippen molar-refractivity contribution in [2.45, 2.75) is 66.3 Å². The van der Waals surface area contributed by atoms with Crippen LogP contribution < -0.4 is 10.6 Å². The number of ketones is 1. The van der Waals surface area contributed by atoms with Crippen molar-refractivity contribution in [3.63, 3.8) is 0 Å². The van der Waals surface area contributed by atoms with E-state index in [-0.39, 0.29) is 48.6 Å². The maximum absolute atomic E-state index is 12.1. The van der Waals surface area contributed by atoms with E-state index in [1.54, 1.807) is 0 Å². The monoisotopic (exact) mass is 386 g/mol. The fourth-order valence-corrected chi connectivity index (χ4v) is 2.72. The Balaban J connectivity index is 0.00000326. The Bertz CT molecular complexity index is 432. The van der Waals surface area contributed by atoms with Gasteiger partial charge >= 0.3 is 0 Å². The summed E-state index contributed by atoms with van der Waals surface area (Å²) in [5, 5.41) is 5.67. The Labute approximate surface area is 163 Å². The zero-order chi connectivity index (χ0) is 20.7. The highest BCUT2D eigenvalue weighted by Crippen LogP contribution is 2.24. The molecule has 7 nitrogen and oxygen atoms in total. The quantitative estimate of drug-likeness (QED) is 0.530. The molecule has 0 aliphatic heterocycles. The van der Waals surface area contributed by atoms with E-state index < -0.39 is 0 Å². The first kappa shape index (κ1) is 25.5. The zero-order valence-electron chi connectivity index (χ0n) is 17.6. The summed E-state index contributed by atoms with van der Waals surface area (Å²) in [5.74, 6) is -0.291. The molecule has 0 atom stereocenters. The van der Waals surface area contributed by atoms with Crippen LogP contribution in [0.5, 0.6) is 0 Å². The van der Waals surface area contributed by atoms with E-state index >= 15 is 0 Å². The predicted molar refractivity (Wildman–Crippen MR) is 105 cm³/mol. The lowest BCUT2D eigenvalue weighted by Gasteiger charge is -2.28. The summed E-state index contributed by atoms with van der Waals surface area (Å²) in [6.07, 6.45) is 2.97. The van der Waals surface area contributed by atoms with Crippen LogP contribution in [-0.2, 0) is 23.9 Å². The first-order valence-electron chi connectivity index (χ1n) is 10.2. The smallest absolute Gasteiger partial charge is 0.246 e. The number of carbonyl (C=O) groups is 3. The molecule has 0 unspecified atom stereocenters. The van der Waals surface area contributed by atoms with Gasteiger partial charge < -0.3 is 20.1 Å². The molecule has 0 saturated heterocycles. The molecule has 7 heteroatoms. The van der Waals surface area contributed by atoms with Gasteiger partial charge in [-0.05, 0) is 32.6 Å². The zero-order valence-corrected chi connectivity index (χ0v) is 17.6. The molecule has 2 N–H and O–H groups in total. The lowest BCUT2D eigenvalue weighted by molar-refractivity contribution is -0.130. The molecule has 1 rings (SSSR count). The van der Waals surface area contributed by atoms with E-state index in [1.165, 1.54) is 0 Å². The maximum Gasteiger partial charge on any atom is 0.246 e. The molecule has 0 bridgehead atoms. The van der Waals surface area contributed by atoms with Gasteiger partial charge in [-0.2, -0.15) is 0 Å². The molecule has 0 spiro atoms. The first-order chi connectivity index (χ1) is 12.9. The summed E-state index contributed by atoms with van der Waals surface area (Å²) < 4.78 is 10.4. The number of carbonyl (C=O) groups excluding carboxylic acids is 3. The van der Waals surface area contributed by atoms with E-state index in [2.05, 4.69) is 10.6 Å². The Hall–Kier alpha value is -1.47. The second-order valence-corrected chi connectivity index (χ2v) is 6.70. The third kappa shape index (κ3) is 11.8. The lowest BCUT2D eigenvalue weighted by atomic mass is 9.85. The van der Waals surface area contributed by atoms with Gasteiger partial charge in [0.05, 0.1) is 19.8 Å². The molecule has 0 aromatic carbocycles. The highest BCUT2D eigenvalue weighted by molar-refractivity contribution is 5.88. The molecule has 1 fully saturated rings. The van der Waals surface area contributed by atoms with Crippen LogP contribution in [0.1, 0.15) is 60.3 Å². The van der Waals surface area contributed by atoms with Gasteiger partial charge in [-0.25, -0.2) is 0 Å². The number of nitrogens with one attached hydrogen (secondary N) is 2. The van der Waals surface area contributed by atoms with Crippen LogP contribution in [0.15, 0.2) is 0 Å². The van der Waals surface area contributed by atoms with Crippen LogP contribution in [0.4, 0.5) is 0 Å². The number of rotatable bonds is 11. The topological polar surface area (TPSA) is 93.7 Å². The first-order valence-corrected chi connectivity index (χ1v) is 10.2. The van der Waals surface area contributed by atoms with E-state index in [9.17, 15) is 14.4 Å². The highest BCUT2D eigenvalue weighted by Gasteiger charge is 2.27. The second kappa shape index (κ2) is 15.6. The molecule has 0 heterocycles. The standard InChI is InChI=1S/C18H32N2O5.C2H6/c1-4-24-9-10-25-12-17(22)20-15-7-5-14(6-8-15)18(23)19-11-16(21)13(2)3;1-2/h13-15H,4-12H2,1-3H3,(H,19,23)(H,20,22);1-2H3. The van der Waals surface area contributed by atoms with Gasteiger partial charge in [0.25, 0.3) is 0 Å². The third-order valence-corrected chi connectivity index (χ3v) is 4.35. The number of hydrogen-bond acceptors (Lipinski definition) is 5. The normalized spacial score (nSPS) is 19.0. The summed E-state index contributed by atoms with van der Waals surface area (Å²) in [4.78, 5) is 35.5. The average molecular weight is 387 g/mol. The van der Waals surface area contributed by atoms with E-state index in [0.29, 0.717) is 19.8 Å². The van der Waals surface area contributed by atoms with Gasteiger partial charge in [0.15, 0.2) is 5.78 Å². The molecule has 0 aromatic rings. The summed E-state index contributed by atoms with van der Waals surface area (Å²) in [6.45, 7) is 11.2. The summed E-state index contributed by atoms with van der Waals surface area (Å²) >= 11 is 0. The van der Waals surface area contributed by atoms with E-state index in [1.807, 2.05) is 34.6 Å². The second-order valence-electron chi connectivity index (χ2n) is 6.70. The Morgan fingerprint density at radius 2 is 1.59 bits per heavy atom. The van der Waals surface area contributed by atoms with Gasteiger partial charge in [-0.3, -0.25) is 14.4 Å². The van der Waals surface area contributed by atoms with Crippen LogP contribution >= 0.6 is 0 Å². The molecule has 0 radical (unpaired) electrons. The van der Waals surface area contributed by atoms with Gasteiger partial charge in [0.2, 0.25) is 11.8 Å². The molecular formula is C20H38N2O5. The van der Waals surface area contributed by atoms with Crippen molar-refractivity contribution in [3.05, 3.63) is 0 Å². The van der Waals surface area contributed by atoms with Crippen LogP contribution in [0.3, 0.4) is 0 Å². The molecule has 1 aliphatic rings. The van der Waals surface area contributed by atoms with Crippen molar-refractivity contribution in [1.82, 2.24) is 10.6 Å². The molecule has 0 aromatic heterocycles. The minimum Gasteiger partial charge on any atom is -0.379 e. The number of Topliss-reactive ketones (excluding diaryl/α,β-unsaturated/α-hetero) is 1. The number of ether oxygens (including phenoxy) is 2. The van der Waals surface area contributed by atoms with Crippen molar-refractivity contribution in [1.29, 1.82) is 0 Å². The molecule has 1 aliphatic carbocycles. The van der Waals surface area contributed by atoms with Crippen LogP contribution in [-0.4, -0.2) is 56.6 Å². The summed E-state index contributed by atoms with van der Waals surface area (Å²) in [7, 11) is 0. The Kier molecular flexibility index (Phi) is 14.7. The average Bonchev–Trinajstić information content (AvgIpc) is 2.67. The van der Waals surface area contributed by atoms with Crippen molar-refractivity contribution in [2.75, 3.05) is 33.0 Å². The lowest BCUT2D eigenvalue weighted by Crippen LogP contribution is -2.43. The molecule has 1 saturated carbocycles. The number of amides is 2. The van der Waals surface area contributed by atoms with Crippen molar-refractivity contribution in [3.8, 4) is 0 Å². The minimum atomic E-state index is -0.132. The maximum atomic E-state index is 12.1. The van der Waals surface area contributed by atoms with Crippen molar-refractivity contribution < 1.29 is 23.9 Å². The Morgan fingerprint density at radius 3 is 2.15 bits per heavy atom. The molecular weight excluding hydrogens is 348 g/mol. The van der Waals surface area contributed by atoms with Crippen LogP contribution in [0.25, 0.3) is 0 Å². The fourth-order valence-electron chi connectivity index (χ4n) is 2.72. The van der Waals surface area contributed by atoms with Crippen LogP contribution in [0, 0.1) is 11.8 Å². The minimum absolute atomic E-state index is 0.0325. The number of hydrogen-bond donors (Lipinski definition) is 2.